The minimum atomic E-state index is -0.167. The second-order valence-electron chi connectivity index (χ2n) is 2.35. The highest BCUT2D eigenvalue weighted by atomic mass is 16.5. The summed E-state index contributed by atoms with van der Waals surface area (Å²) in [5, 5.41) is 10.6. The number of rotatable bonds is 3. The molecule has 1 radical (unpaired) electrons. The van der Waals surface area contributed by atoms with E-state index in [1.54, 1.807) is 7.11 Å². The van der Waals surface area contributed by atoms with E-state index in [0.29, 0.717) is 6.61 Å². The third-order valence-electron chi connectivity index (χ3n) is 1.57. The predicted molar refractivity (Wildman–Crippen MR) is 41.5 cm³/mol. The first kappa shape index (κ1) is 8.24. The summed E-state index contributed by atoms with van der Waals surface area (Å²) in [5.74, 6) is 0. The highest BCUT2D eigenvalue weighted by Crippen LogP contribution is 2.09. The van der Waals surface area contributed by atoms with Gasteiger partial charge in [0.05, 0.1) is 6.61 Å². The molecule has 1 aromatic carbocycles. The number of ether oxygens (including phenoxy) is 1. The van der Waals surface area contributed by atoms with Gasteiger partial charge in [0.2, 0.25) is 0 Å². The highest BCUT2D eigenvalue weighted by Gasteiger charge is 1.98. The van der Waals surface area contributed by atoms with Crippen molar-refractivity contribution in [1.82, 2.24) is 0 Å². The maximum atomic E-state index is 10.6. The molecular formula is C9H11O2. The van der Waals surface area contributed by atoms with Crippen LogP contribution in [0.3, 0.4) is 0 Å². The number of methoxy groups -OCH3 is 1. The lowest BCUT2D eigenvalue weighted by Crippen LogP contribution is -1.93. The van der Waals surface area contributed by atoms with E-state index in [2.05, 4.69) is 0 Å². The Hall–Kier alpha value is -0.860. The Morgan fingerprint density at radius 3 is 2.45 bits per heavy atom. The largest absolute Gasteiger partial charge is 0.380 e. The van der Waals surface area contributed by atoms with E-state index in [1.807, 2.05) is 24.3 Å². The van der Waals surface area contributed by atoms with Gasteiger partial charge in [-0.1, -0.05) is 24.3 Å². The van der Waals surface area contributed by atoms with E-state index >= 15 is 0 Å². The summed E-state index contributed by atoms with van der Waals surface area (Å²) >= 11 is 0. The SMILES string of the molecule is COCc1ccccc1C[O]. The van der Waals surface area contributed by atoms with Crippen LogP contribution >= 0.6 is 0 Å². The normalized spacial score (nSPS) is 10.0. The molecular weight excluding hydrogens is 140 g/mol. The van der Waals surface area contributed by atoms with Gasteiger partial charge in [-0.25, -0.2) is 5.11 Å². The van der Waals surface area contributed by atoms with Gasteiger partial charge in [0.25, 0.3) is 0 Å². The van der Waals surface area contributed by atoms with E-state index in [0.717, 1.165) is 11.1 Å². The average Bonchev–Trinajstić information content (AvgIpc) is 2.06. The molecule has 0 aliphatic carbocycles. The fraction of sp³-hybridized carbons (Fsp3) is 0.333. The first-order valence-corrected chi connectivity index (χ1v) is 3.52. The first-order valence-electron chi connectivity index (χ1n) is 3.52. The summed E-state index contributed by atoms with van der Waals surface area (Å²) in [6, 6.07) is 7.53. The van der Waals surface area contributed by atoms with Crippen molar-refractivity contribution in [3.05, 3.63) is 35.4 Å². The van der Waals surface area contributed by atoms with Crippen LogP contribution in [0.5, 0.6) is 0 Å². The standard InChI is InChI=1S/C9H11O2/c1-11-7-9-5-3-2-4-8(9)6-10/h2-5H,6-7H2,1H3. The summed E-state index contributed by atoms with van der Waals surface area (Å²) in [7, 11) is 1.63. The fourth-order valence-electron chi connectivity index (χ4n) is 0.995. The van der Waals surface area contributed by atoms with Gasteiger partial charge in [-0.05, 0) is 11.1 Å². The van der Waals surface area contributed by atoms with Crippen LogP contribution in [-0.2, 0) is 23.1 Å². The molecule has 1 aromatic rings. The van der Waals surface area contributed by atoms with E-state index in [1.165, 1.54) is 0 Å². The van der Waals surface area contributed by atoms with Crippen molar-refractivity contribution >= 4 is 0 Å². The molecule has 0 spiro atoms. The summed E-state index contributed by atoms with van der Waals surface area (Å²) < 4.78 is 4.93. The molecule has 0 aromatic heterocycles. The molecule has 59 valence electrons. The number of hydrogen-bond acceptors (Lipinski definition) is 1. The van der Waals surface area contributed by atoms with Crippen LogP contribution in [-0.4, -0.2) is 7.11 Å². The van der Waals surface area contributed by atoms with Crippen LogP contribution in [0.1, 0.15) is 11.1 Å². The van der Waals surface area contributed by atoms with Crippen LogP contribution in [0, 0.1) is 0 Å². The van der Waals surface area contributed by atoms with Gasteiger partial charge in [0.1, 0.15) is 6.61 Å². The van der Waals surface area contributed by atoms with Crippen molar-refractivity contribution in [2.45, 2.75) is 13.2 Å². The van der Waals surface area contributed by atoms with E-state index in [4.69, 9.17) is 4.74 Å². The Morgan fingerprint density at radius 2 is 1.91 bits per heavy atom. The molecule has 1 rings (SSSR count). The second-order valence-corrected chi connectivity index (χ2v) is 2.35. The van der Waals surface area contributed by atoms with Crippen LogP contribution in [0.25, 0.3) is 0 Å². The summed E-state index contributed by atoms with van der Waals surface area (Å²) in [6.45, 7) is 0.359. The van der Waals surface area contributed by atoms with Gasteiger partial charge in [-0.2, -0.15) is 0 Å². The van der Waals surface area contributed by atoms with Gasteiger partial charge in [0.15, 0.2) is 0 Å². The van der Waals surface area contributed by atoms with Crippen LogP contribution in [0.4, 0.5) is 0 Å². The Labute approximate surface area is 66.4 Å². The quantitative estimate of drug-likeness (QED) is 0.647. The molecule has 0 bridgehead atoms. The average molecular weight is 151 g/mol. The molecule has 0 fully saturated rings. The van der Waals surface area contributed by atoms with Crippen molar-refractivity contribution < 1.29 is 9.84 Å². The summed E-state index contributed by atoms with van der Waals surface area (Å²) in [6.07, 6.45) is 0. The lowest BCUT2D eigenvalue weighted by molar-refractivity contribution is 0.163. The van der Waals surface area contributed by atoms with Crippen LogP contribution in [0.15, 0.2) is 24.3 Å². The van der Waals surface area contributed by atoms with E-state index in [9.17, 15) is 5.11 Å². The lowest BCUT2D eigenvalue weighted by atomic mass is 10.1. The molecule has 0 aliphatic heterocycles. The molecule has 2 heteroatoms. The molecule has 0 aliphatic rings. The van der Waals surface area contributed by atoms with E-state index in [-0.39, 0.29) is 6.61 Å². The first-order chi connectivity index (χ1) is 5.38. The maximum absolute atomic E-state index is 10.6. The van der Waals surface area contributed by atoms with Gasteiger partial charge >= 0.3 is 0 Å². The van der Waals surface area contributed by atoms with Crippen molar-refractivity contribution in [2.24, 2.45) is 0 Å². The molecule has 0 amide bonds. The third-order valence-corrected chi connectivity index (χ3v) is 1.57. The molecule has 0 unspecified atom stereocenters. The smallest absolute Gasteiger partial charge is 0.108 e. The second kappa shape index (κ2) is 4.11. The third kappa shape index (κ3) is 2.03. The molecule has 0 atom stereocenters. The molecule has 0 N–H and O–H groups in total. The maximum Gasteiger partial charge on any atom is 0.108 e. The van der Waals surface area contributed by atoms with Crippen molar-refractivity contribution in [3.8, 4) is 0 Å². The van der Waals surface area contributed by atoms with E-state index < -0.39 is 0 Å². The minimum absolute atomic E-state index is 0.167. The Kier molecular flexibility index (Phi) is 3.08. The molecule has 2 nitrogen and oxygen atoms in total. The number of benzene rings is 1. The van der Waals surface area contributed by atoms with Gasteiger partial charge in [-0.3, -0.25) is 0 Å². The van der Waals surface area contributed by atoms with Gasteiger partial charge in [0, 0.05) is 7.11 Å². The van der Waals surface area contributed by atoms with Crippen molar-refractivity contribution in [1.29, 1.82) is 0 Å². The van der Waals surface area contributed by atoms with Gasteiger partial charge < -0.3 is 4.74 Å². The zero-order chi connectivity index (χ0) is 8.10. The molecule has 0 saturated heterocycles. The van der Waals surface area contributed by atoms with Crippen LogP contribution in [0.2, 0.25) is 0 Å². The fourth-order valence-corrected chi connectivity index (χ4v) is 0.995. The zero-order valence-corrected chi connectivity index (χ0v) is 6.54. The molecule has 0 saturated carbocycles. The Bertz CT molecular complexity index is 221. The predicted octanol–water partition coefficient (Wildman–Crippen LogP) is 1.76. The van der Waals surface area contributed by atoms with Crippen molar-refractivity contribution in [3.63, 3.8) is 0 Å². The zero-order valence-electron chi connectivity index (χ0n) is 6.54. The van der Waals surface area contributed by atoms with Crippen molar-refractivity contribution in [2.75, 3.05) is 7.11 Å². The minimum Gasteiger partial charge on any atom is -0.380 e. The monoisotopic (exact) mass is 151 g/mol. The Morgan fingerprint density at radius 1 is 1.27 bits per heavy atom. The Balaban J connectivity index is 2.83. The number of hydrogen-bond donors (Lipinski definition) is 0. The summed E-state index contributed by atoms with van der Waals surface area (Å²) in [5.41, 5.74) is 1.82. The molecule has 0 heterocycles. The molecule has 11 heavy (non-hydrogen) atoms. The van der Waals surface area contributed by atoms with Gasteiger partial charge in [-0.15, -0.1) is 0 Å². The lowest BCUT2D eigenvalue weighted by Gasteiger charge is -2.03. The van der Waals surface area contributed by atoms with Crippen LogP contribution < -0.4 is 0 Å². The summed E-state index contributed by atoms with van der Waals surface area (Å²) in [4.78, 5) is 0. The highest BCUT2D eigenvalue weighted by molar-refractivity contribution is 5.25. The topological polar surface area (TPSA) is 29.1 Å².